The SMILES string of the molecule is COc1ccc(CN2CC(C(=O)Nc3cccc(C)n3)CC2=O)cc1. The van der Waals surface area contributed by atoms with Crippen molar-refractivity contribution >= 4 is 17.6 Å². The lowest BCUT2D eigenvalue weighted by Crippen LogP contribution is -2.28. The molecule has 0 bridgehead atoms. The Morgan fingerprint density at radius 2 is 2.04 bits per heavy atom. The van der Waals surface area contributed by atoms with Crippen LogP contribution in [0.2, 0.25) is 0 Å². The van der Waals surface area contributed by atoms with Gasteiger partial charge in [-0.25, -0.2) is 4.98 Å². The number of likely N-dealkylation sites (tertiary alicyclic amines) is 1. The maximum Gasteiger partial charge on any atom is 0.230 e. The number of hydrogen-bond donors (Lipinski definition) is 1. The lowest BCUT2D eigenvalue weighted by atomic mass is 10.1. The van der Waals surface area contributed by atoms with E-state index in [1.54, 1.807) is 18.1 Å². The summed E-state index contributed by atoms with van der Waals surface area (Å²) in [7, 11) is 1.62. The number of aryl methyl sites for hydroxylation is 1. The molecule has 130 valence electrons. The van der Waals surface area contributed by atoms with E-state index in [1.165, 1.54) is 0 Å². The zero-order valence-corrected chi connectivity index (χ0v) is 14.4. The molecule has 0 aliphatic carbocycles. The van der Waals surface area contributed by atoms with Crippen molar-refractivity contribution in [3.8, 4) is 5.75 Å². The Hall–Kier alpha value is -2.89. The first-order valence-corrected chi connectivity index (χ1v) is 8.20. The number of anilines is 1. The minimum Gasteiger partial charge on any atom is -0.497 e. The molecule has 1 atom stereocenters. The van der Waals surface area contributed by atoms with E-state index in [9.17, 15) is 9.59 Å². The lowest BCUT2D eigenvalue weighted by Gasteiger charge is -2.17. The summed E-state index contributed by atoms with van der Waals surface area (Å²) in [5, 5.41) is 2.80. The predicted molar refractivity (Wildman–Crippen MR) is 94.1 cm³/mol. The number of nitrogens with zero attached hydrogens (tertiary/aromatic N) is 2. The quantitative estimate of drug-likeness (QED) is 0.908. The van der Waals surface area contributed by atoms with Crippen LogP contribution in [0.15, 0.2) is 42.5 Å². The number of carbonyl (C=O) groups excluding carboxylic acids is 2. The van der Waals surface area contributed by atoms with Crippen LogP contribution in [-0.2, 0) is 16.1 Å². The van der Waals surface area contributed by atoms with E-state index in [0.29, 0.717) is 18.9 Å². The molecule has 25 heavy (non-hydrogen) atoms. The Balaban J connectivity index is 1.60. The minimum absolute atomic E-state index is 0.00632. The molecule has 1 unspecified atom stereocenters. The Kier molecular flexibility index (Phi) is 4.97. The van der Waals surface area contributed by atoms with Crippen molar-refractivity contribution in [2.45, 2.75) is 19.9 Å². The molecule has 0 spiro atoms. The zero-order valence-electron chi connectivity index (χ0n) is 14.4. The van der Waals surface area contributed by atoms with Gasteiger partial charge in [0.1, 0.15) is 11.6 Å². The molecule has 1 aliphatic heterocycles. The summed E-state index contributed by atoms with van der Waals surface area (Å²) in [6, 6.07) is 13.0. The van der Waals surface area contributed by atoms with Crippen molar-refractivity contribution in [1.29, 1.82) is 0 Å². The highest BCUT2D eigenvalue weighted by molar-refractivity contribution is 5.96. The van der Waals surface area contributed by atoms with Crippen LogP contribution in [0.25, 0.3) is 0 Å². The molecule has 2 amide bonds. The monoisotopic (exact) mass is 339 g/mol. The van der Waals surface area contributed by atoms with Gasteiger partial charge < -0.3 is 15.0 Å². The topological polar surface area (TPSA) is 71.5 Å². The number of amides is 2. The lowest BCUT2D eigenvalue weighted by molar-refractivity contribution is -0.128. The molecule has 0 radical (unpaired) electrons. The van der Waals surface area contributed by atoms with E-state index >= 15 is 0 Å². The third-order valence-corrected chi connectivity index (χ3v) is 4.26. The molecular weight excluding hydrogens is 318 g/mol. The molecule has 1 aromatic carbocycles. The van der Waals surface area contributed by atoms with Gasteiger partial charge in [0.15, 0.2) is 0 Å². The molecule has 6 nitrogen and oxygen atoms in total. The van der Waals surface area contributed by atoms with Gasteiger partial charge in [0.05, 0.1) is 13.0 Å². The van der Waals surface area contributed by atoms with Crippen molar-refractivity contribution < 1.29 is 14.3 Å². The summed E-state index contributed by atoms with van der Waals surface area (Å²) in [5.41, 5.74) is 1.84. The van der Waals surface area contributed by atoms with Crippen LogP contribution in [0.3, 0.4) is 0 Å². The second kappa shape index (κ2) is 7.34. The number of pyridine rings is 1. The Bertz CT molecular complexity index is 774. The van der Waals surface area contributed by atoms with Gasteiger partial charge in [-0.15, -0.1) is 0 Å². The second-order valence-corrected chi connectivity index (χ2v) is 6.18. The number of methoxy groups -OCH3 is 1. The predicted octanol–water partition coefficient (Wildman–Crippen LogP) is 2.39. The third kappa shape index (κ3) is 4.15. The molecule has 0 saturated carbocycles. The normalized spacial score (nSPS) is 16.8. The summed E-state index contributed by atoms with van der Waals surface area (Å²) in [6.45, 7) is 2.78. The van der Waals surface area contributed by atoms with Gasteiger partial charge >= 0.3 is 0 Å². The van der Waals surface area contributed by atoms with Crippen molar-refractivity contribution in [3.05, 3.63) is 53.7 Å². The molecule has 1 aliphatic rings. The highest BCUT2D eigenvalue weighted by atomic mass is 16.5. The first kappa shape index (κ1) is 17.0. The van der Waals surface area contributed by atoms with E-state index in [4.69, 9.17) is 4.74 Å². The van der Waals surface area contributed by atoms with Crippen LogP contribution in [0.1, 0.15) is 17.7 Å². The molecule has 3 rings (SSSR count). The van der Waals surface area contributed by atoms with E-state index in [-0.39, 0.29) is 24.2 Å². The van der Waals surface area contributed by atoms with E-state index < -0.39 is 0 Å². The number of benzene rings is 1. The van der Waals surface area contributed by atoms with Crippen molar-refractivity contribution in [2.75, 3.05) is 19.0 Å². The number of rotatable bonds is 5. The van der Waals surface area contributed by atoms with E-state index in [0.717, 1.165) is 17.0 Å². The van der Waals surface area contributed by atoms with Gasteiger partial charge in [0.25, 0.3) is 0 Å². The summed E-state index contributed by atoms with van der Waals surface area (Å²) < 4.78 is 5.13. The van der Waals surface area contributed by atoms with Crippen molar-refractivity contribution in [1.82, 2.24) is 9.88 Å². The molecule has 1 fully saturated rings. The maximum absolute atomic E-state index is 12.4. The molecule has 6 heteroatoms. The number of nitrogens with one attached hydrogen (secondary N) is 1. The van der Waals surface area contributed by atoms with Gasteiger partial charge in [0, 0.05) is 25.2 Å². The molecule has 1 N–H and O–H groups in total. The average molecular weight is 339 g/mol. The van der Waals surface area contributed by atoms with Crippen molar-refractivity contribution in [2.24, 2.45) is 5.92 Å². The number of hydrogen-bond acceptors (Lipinski definition) is 4. The summed E-state index contributed by atoms with van der Waals surface area (Å²) in [4.78, 5) is 30.6. The fourth-order valence-electron chi connectivity index (χ4n) is 2.89. The Labute approximate surface area is 146 Å². The summed E-state index contributed by atoms with van der Waals surface area (Å²) in [5.74, 6) is 0.773. The van der Waals surface area contributed by atoms with Crippen LogP contribution in [0.5, 0.6) is 5.75 Å². The van der Waals surface area contributed by atoms with Crippen LogP contribution in [0, 0.1) is 12.8 Å². The van der Waals surface area contributed by atoms with Crippen LogP contribution >= 0.6 is 0 Å². The zero-order chi connectivity index (χ0) is 17.8. The first-order valence-electron chi connectivity index (χ1n) is 8.20. The molecule has 2 aromatic rings. The Morgan fingerprint density at radius 1 is 1.28 bits per heavy atom. The fraction of sp³-hybridized carbons (Fsp3) is 0.316. The third-order valence-electron chi connectivity index (χ3n) is 4.26. The van der Waals surface area contributed by atoms with Crippen molar-refractivity contribution in [3.63, 3.8) is 0 Å². The number of ether oxygens (including phenoxy) is 1. The van der Waals surface area contributed by atoms with E-state index in [1.807, 2.05) is 43.3 Å². The maximum atomic E-state index is 12.4. The first-order chi connectivity index (χ1) is 12.0. The van der Waals surface area contributed by atoms with Gasteiger partial charge in [-0.3, -0.25) is 9.59 Å². The molecule has 2 heterocycles. The summed E-state index contributed by atoms with van der Waals surface area (Å²) in [6.07, 6.45) is 0.230. The Morgan fingerprint density at radius 3 is 2.72 bits per heavy atom. The average Bonchev–Trinajstić information content (AvgIpc) is 2.96. The summed E-state index contributed by atoms with van der Waals surface area (Å²) >= 11 is 0. The van der Waals surface area contributed by atoms with Gasteiger partial charge in [0.2, 0.25) is 11.8 Å². The minimum atomic E-state index is -0.354. The highest BCUT2D eigenvalue weighted by Crippen LogP contribution is 2.22. The second-order valence-electron chi connectivity index (χ2n) is 6.18. The standard InChI is InChI=1S/C19H21N3O3/c1-13-4-3-5-17(20-13)21-19(24)15-10-18(23)22(12-15)11-14-6-8-16(25-2)9-7-14/h3-9,15H,10-12H2,1-2H3,(H,20,21,24). The number of carbonyl (C=O) groups is 2. The molecular formula is C19H21N3O3. The van der Waals surface area contributed by atoms with Gasteiger partial charge in [-0.05, 0) is 36.8 Å². The number of aromatic nitrogens is 1. The fourth-order valence-corrected chi connectivity index (χ4v) is 2.89. The van der Waals surface area contributed by atoms with Crippen LogP contribution in [0.4, 0.5) is 5.82 Å². The highest BCUT2D eigenvalue weighted by Gasteiger charge is 2.34. The van der Waals surface area contributed by atoms with Crippen LogP contribution < -0.4 is 10.1 Å². The van der Waals surface area contributed by atoms with Crippen LogP contribution in [-0.4, -0.2) is 35.4 Å². The molecule has 1 aromatic heterocycles. The van der Waals surface area contributed by atoms with Gasteiger partial charge in [-0.1, -0.05) is 18.2 Å². The van der Waals surface area contributed by atoms with Gasteiger partial charge in [-0.2, -0.15) is 0 Å². The largest absolute Gasteiger partial charge is 0.497 e. The van der Waals surface area contributed by atoms with E-state index in [2.05, 4.69) is 10.3 Å². The molecule has 1 saturated heterocycles. The smallest absolute Gasteiger partial charge is 0.230 e.